The van der Waals surface area contributed by atoms with Gasteiger partial charge in [-0.3, -0.25) is 9.78 Å². The Morgan fingerprint density at radius 2 is 2.33 bits per heavy atom. The predicted molar refractivity (Wildman–Crippen MR) is 55.6 cm³/mol. The highest BCUT2D eigenvalue weighted by molar-refractivity contribution is 7.71. The van der Waals surface area contributed by atoms with Gasteiger partial charge in [-0.15, -0.1) is 0 Å². The monoisotopic (exact) mass is 225 g/mol. The van der Waals surface area contributed by atoms with Gasteiger partial charge in [-0.25, -0.2) is 0 Å². The van der Waals surface area contributed by atoms with Crippen LogP contribution in [0.15, 0.2) is 18.5 Å². The van der Waals surface area contributed by atoms with Crippen molar-refractivity contribution in [2.45, 2.75) is 19.7 Å². The maximum Gasteiger partial charge on any atom is 0.195 e. The average Bonchev–Trinajstić information content (AvgIpc) is 2.84. The summed E-state index contributed by atoms with van der Waals surface area (Å²) in [4.78, 5) is 0. The maximum absolute atomic E-state index is 9.02. The molecule has 0 atom stereocenters. The lowest BCUT2D eigenvalue weighted by atomic mass is 10.5. The fourth-order valence-corrected chi connectivity index (χ4v) is 1.58. The first-order chi connectivity index (χ1) is 7.31. The number of aryl methyl sites for hydroxylation is 1. The van der Waals surface area contributed by atoms with E-state index in [1.165, 1.54) is 0 Å². The molecule has 0 saturated carbocycles. The number of aromatic nitrogens is 5. The standard InChI is InChI=1S/C8H11N5OS/c14-6-7-10-11-8(15)13(7)5-4-12-3-1-2-9-12/h1-3,14H,4-6H2,(H,11,15). The summed E-state index contributed by atoms with van der Waals surface area (Å²) in [5.41, 5.74) is 0. The number of hydrogen-bond donors (Lipinski definition) is 2. The SMILES string of the molecule is OCc1n[nH]c(=S)n1CCn1cccn1. The summed E-state index contributed by atoms with van der Waals surface area (Å²) in [7, 11) is 0. The lowest BCUT2D eigenvalue weighted by Crippen LogP contribution is -2.10. The van der Waals surface area contributed by atoms with Crippen LogP contribution in [0.25, 0.3) is 0 Å². The summed E-state index contributed by atoms with van der Waals surface area (Å²) >= 11 is 5.04. The molecule has 2 heterocycles. The molecule has 0 amide bonds. The number of aromatic amines is 1. The number of hydrogen-bond acceptors (Lipinski definition) is 4. The second-order valence-corrected chi connectivity index (χ2v) is 3.41. The Hall–Kier alpha value is -1.47. The molecule has 0 aliphatic rings. The van der Waals surface area contributed by atoms with E-state index in [9.17, 15) is 0 Å². The molecule has 7 heteroatoms. The molecule has 2 rings (SSSR count). The van der Waals surface area contributed by atoms with Crippen LogP contribution in [0.5, 0.6) is 0 Å². The number of rotatable bonds is 4. The number of aliphatic hydroxyl groups is 1. The lowest BCUT2D eigenvalue weighted by Gasteiger charge is -2.04. The van der Waals surface area contributed by atoms with Crippen LogP contribution in [0.4, 0.5) is 0 Å². The largest absolute Gasteiger partial charge is 0.388 e. The first-order valence-corrected chi connectivity index (χ1v) is 4.94. The van der Waals surface area contributed by atoms with E-state index in [0.29, 0.717) is 23.7 Å². The molecule has 0 radical (unpaired) electrons. The number of nitrogens with zero attached hydrogens (tertiary/aromatic N) is 4. The quantitative estimate of drug-likeness (QED) is 0.736. The van der Waals surface area contributed by atoms with Gasteiger partial charge in [-0.1, -0.05) is 0 Å². The predicted octanol–water partition coefficient (Wildman–Crippen LogP) is 0.330. The number of nitrogens with one attached hydrogen (secondary N) is 1. The molecule has 0 aliphatic carbocycles. The highest BCUT2D eigenvalue weighted by Gasteiger charge is 2.04. The molecular weight excluding hydrogens is 214 g/mol. The lowest BCUT2D eigenvalue weighted by molar-refractivity contribution is 0.263. The number of H-pyrrole nitrogens is 1. The van der Waals surface area contributed by atoms with E-state index >= 15 is 0 Å². The zero-order chi connectivity index (χ0) is 10.7. The molecule has 2 aromatic rings. The number of aliphatic hydroxyl groups excluding tert-OH is 1. The van der Waals surface area contributed by atoms with E-state index in [1.54, 1.807) is 15.4 Å². The second-order valence-electron chi connectivity index (χ2n) is 3.02. The Kier molecular flexibility index (Phi) is 2.93. The van der Waals surface area contributed by atoms with E-state index in [-0.39, 0.29) is 6.61 Å². The molecule has 2 aromatic heterocycles. The molecule has 0 spiro atoms. The smallest absolute Gasteiger partial charge is 0.195 e. The summed E-state index contributed by atoms with van der Waals surface area (Å²) in [5, 5.41) is 19.6. The fraction of sp³-hybridized carbons (Fsp3) is 0.375. The minimum atomic E-state index is -0.119. The molecule has 0 bridgehead atoms. The molecule has 0 aliphatic heterocycles. The van der Waals surface area contributed by atoms with Crippen molar-refractivity contribution in [1.82, 2.24) is 24.5 Å². The van der Waals surface area contributed by atoms with Gasteiger partial charge in [0.1, 0.15) is 6.61 Å². The van der Waals surface area contributed by atoms with Gasteiger partial charge in [0.25, 0.3) is 0 Å². The summed E-state index contributed by atoms with van der Waals surface area (Å²) in [6, 6.07) is 1.86. The topological polar surface area (TPSA) is 71.7 Å². The van der Waals surface area contributed by atoms with Crippen LogP contribution in [0, 0.1) is 4.77 Å². The van der Waals surface area contributed by atoms with Crippen LogP contribution in [-0.4, -0.2) is 29.7 Å². The van der Waals surface area contributed by atoms with Crippen molar-refractivity contribution < 1.29 is 5.11 Å². The van der Waals surface area contributed by atoms with Crippen LogP contribution in [0.3, 0.4) is 0 Å². The van der Waals surface area contributed by atoms with Gasteiger partial charge < -0.3 is 9.67 Å². The van der Waals surface area contributed by atoms with E-state index < -0.39 is 0 Å². The maximum atomic E-state index is 9.02. The zero-order valence-electron chi connectivity index (χ0n) is 8.00. The second kappa shape index (κ2) is 4.37. The van der Waals surface area contributed by atoms with Crippen LogP contribution >= 0.6 is 12.2 Å². The summed E-state index contributed by atoms with van der Waals surface area (Å²) in [6.45, 7) is 1.23. The third-order valence-corrected chi connectivity index (χ3v) is 2.40. The van der Waals surface area contributed by atoms with Crippen molar-refractivity contribution in [3.8, 4) is 0 Å². The molecule has 6 nitrogen and oxygen atoms in total. The molecular formula is C8H11N5OS. The van der Waals surface area contributed by atoms with Crippen molar-refractivity contribution in [3.05, 3.63) is 29.1 Å². The van der Waals surface area contributed by atoms with Crippen molar-refractivity contribution in [2.24, 2.45) is 0 Å². The van der Waals surface area contributed by atoms with E-state index in [4.69, 9.17) is 17.3 Å². The third kappa shape index (κ3) is 2.13. The van der Waals surface area contributed by atoms with E-state index in [0.717, 1.165) is 0 Å². The first kappa shape index (κ1) is 10.1. The summed E-state index contributed by atoms with van der Waals surface area (Å²) < 4.78 is 4.08. The Morgan fingerprint density at radius 1 is 1.47 bits per heavy atom. The van der Waals surface area contributed by atoms with Crippen LogP contribution in [-0.2, 0) is 19.7 Å². The average molecular weight is 225 g/mol. The minimum Gasteiger partial charge on any atom is -0.388 e. The Bertz CT molecular complexity index is 471. The van der Waals surface area contributed by atoms with Crippen molar-refractivity contribution in [1.29, 1.82) is 0 Å². The first-order valence-electron chi connectivity index (χ1n) is 4.53. The molecule has 80 valence electrons. The highest BCUT2D eigenvalue weighted by Crippen LogP contribution is 1.98. The van der Waals surface area contributed by atoms with Gasteiger partial charge in [0.05, 0.1) is 6.54 Å². The van der Waals surface area contributed by atoms with Crippen molar-refractivity contribution >= 4 is 12.2 Å². The van der Waals surface area contributed by atoms with E-state index in [2.05, 4.69) is 15.3 Å². The van der Waals surface area contributed by atoms with Crippen LogP contribution < -0.4 is 0 Å². The van der Waals surface area contributed by atoms with Gasteiger partial charge in [0, 0.05) is 18.9 Å². The molecule has 0 fully saturated rings. The van der Waals surface area contributed by atoms with Gasteiger partial charge in [0.15, 0.2) is 10.6 Å². The van der Waals surface area contributed by atoms with Gasteiger partial charge >= 0.3 is 0 Å². The zero-order valence-corrected chi connectivity index (χ0v) is 8.81. The third-order valence-electron chi connectivity index (χ3n) is 2.09. The minimum absolute atomic E-state index is 0.119. The van der Waals surface area contributed by atoms with Gasteiger partial charge in [-0.05, 0) is 18.3 Å². The van der Waals surface area contributed by atoms with Crippen LogP contribution in [0.2, 0.25) is 0 Å². The summed E-state index contributed by atoms with van der Waals surface area (Å²) in [6.07, 6.45) is 3.60. The van der Waals surface area contributed by atoms with Crippen molar-refractivity contribution in [2.75, 3.05) is 0 Å². The molecule has 0 unspecified atom stereocenters. The fourth-order valence-electron chi connectivity index (χ4n) is 1.34. The molecule has 15 heavy (non-hydrogen) atoms. The van der Waals surface area contributed by atoms with Gasteiger partial charge in [0.2, 0.25) is 0 Å². The Morgan fingerprint density at radius 3 is 3.00 bits per heavy atom. The van der Waals surface area contributed by atoms with Gasteiger partial charge in [-0.2, -0.15) is 10.2 Å². The van der Waals surface area contributed by atoms with E-state index in [1.807, 2.05) is 12.3 Å². The highest BCUT2D eigenvalue weighted by atomic mass is 32.1. The molecule has 0 aromatic carbocycles. The molecule has 2 N–H and O–H groups in total. The van der Waals surface area contributed by atoms with Crippen molar-refractivity contribution in [3.63, 3.8) is 0 Å². The Labute approximate surface area is 91.2 Å². The molecule has 0 saturated heterocycles. The van der Waals surface area contributed by atoms with Crippen LogP contribution in [0.1, 0.15) is 5.82 Å². The Balaban J connectivity index is 2.10. The summed E-state index contributed by atoms with van der Waals surface area (Å²) in [5.74, 6) is 0.548. The normalized spacial score (nSPS) is 10.7.